The summed E-state index contributed by atoms with van der Waals surface area (Å²) in [4.78, 5) is 78.1. The zero-order chi connectivity index (χ0) is 71.9. The molecular formula is C86H118N2O4S7. The number of fused-ring (bicyclic) bond motifs is 4. The van der Waals surface area contributed by atoms with E-state index in [9.17, 15) is 9.59 Å². The number of carbonyl (C=O) groups is 4. The van der Waals surface area contributed by atoms with Gasteiger partial charge in [-0.3, -0.25) is 29.0 Å². The van der Waals surface area contributed by atoms with Crippen molar-refractivity contribution in [3.05, 3.63) is 100 Å². The third-order valence-corrected chi connectivity index (χ3v) is 33.9. The van der Waals surface area contributed by atoms with Crippen LogP contribution in [0.25, 0.3) is 60.6 Å². The van der Waals surface area contributed by atoms with Gasteiger partial charge >= 0.3 is 0 Å². The van der Waals surface area contributed by atoms with Crippen molar-refractivity contribution in [3.63, 3.8) is 0 Å². The molecule has 6 nitrogen and oxygen atoms in total. The summed E-state index contributed by atoms with van der Waals surface area (Å²) in [6, 6.07) is 19.1. The molecule has 2 unspecified atom stereocenters. The molecule has 0 N–H and O–H groups in total. The fraction of sp³-hybridized carbons (Fsp3) is 0.605. The summed E-state index contributed by atoms with van der Waals surface area (Å²) in [5.74, 6) is 0.631. The predicted octanol–water partition coefficient (Wildman–Crippen LogP) is 28.4. The number of nitrogens with zero attached hydrogens (tertiary/aromatic N) is 2. The molecule has 538 valence electrons. The van der Waals surface area contributed by atoms with Crippen molar-refractivity contribution in [2.24, 2.45) is 22.7 Å². The van der Waals surface area contributed by atoms with Crippen LogP contribution in [0.4, 0.5) is 0 Å². The van der Waals surface area contributed by atoms with E-state index in [0.717, 1.165) is 98.3 Å². The third-order valence-electron chi connectivity index (χ3n) is 24.2. The first-order valence-electron chi connectivity index (χ1n) is 38.2. The van der Waals surface area contributed by atoms with E-state index in [-0.39, 0.29) is 39.9 Å². The maximum absolute atomic E-state index is 15.8. The molecule has 10 rings (SSSR count). The summed E-state index contributed by atoms with van der Waals surface area (Å²) in [5, 5.41) is 2.54. The molecule has 99 heavy (non-hydrogen) atoms. The van der Waals surface area contributed by atoms with Crippen LogP contribution in [0.15, 0.2) is 48.5 Å². The van der Waals surface area contributed by atoms with Gasteiger partial charge in [-0.2, -0.15) is 0 Å². The number of hydrogen-bond acceptors (Lipinski definition) is 11. The summed E-state index contributed by atoms with van der Waals surface area (Å²) in [7, 11) is 0. The quantitative estimate of drug-likeness (QED) is 0.0293. The Morgan fingerprint density at radius 2 is 0.747 bits per heavy atom. The molecule has 8 aromatic rings. The molecule has 13 heteroatoms. The van der Waals surface area contributed by atoms with Crippen LogP contribution in [0.3, 0.4) is 0 Å². The van der Waals surface area contributed by atoms with Crippen molar-refractivity contribution in [2.45, 2.75) is 301 Å². The minimum absolute atomic E-state index is 0.000771. The molecule has 7 aromatic heterocycles. The zero-order valence-electron chi connectivity index (χ0n) is 64.1. The summed E-state index contributed by atoms with van der Waals surface area (Å²) in [5.41, 5.74) is 2.89. The lowest BCUT2D eigenvalue weighted by molar-refractivity contribution is 0.0634. The molecule has 0 spiro atoms. The van der Waals surface area contributed by atoms with E-state index >= 15 is 9.59 Å². The van der Waals surface area contributed by atoms with Crippen molar-refractivity contribution in [2.75, 3.05) is 13.1 Å². The molecule has 2 aliphatic rings. The zero-order valence-corrected chi connectivity index (χ0v) is 69.8. The second-order valence-corrected chi connectivity index (χ2v) is 41.0. The van der Waals surface area contributed by atoms with Crippen molar-refractivity contribution in [1.82, 2.24) is 9.80 Å². The third kappa shape index (κ3) is 15.0. The second-order valence-electron chi connectivity index (χ2n) is 33.5. The van der Waals surface area contributed by atoms with Gasteiger partial charge in [0.15, 0.2) is 0 Å². The molecule has 2 atom stereocenters. The Hall–Kier alpha value is -4.08. The summed E-state index contributed by atoms with van der Waals surface area (Å²) < 4.78 is 2.58. The number of amides is 4. The molecular weight excluding hydrogens is 1350 g/mol. The molecule has 0 radical (unpaired) electrons. The van der Waals surface area contributed by atoms with Gasteiger partial charge in [0.1, 0.15) is 0 Å². The SMILES string of the molecule is CCCCCCCCN1C(=O)c2c(-c3ccc(C(C)(C)C(C)(C)c4sc(-c5cc6c(-c7ccc(CC(CC)CCCC)s7)c7sc(C(C)(C)C(C)(C)C)cc7c(-c7ccc(CC(CC)CCCC)s7)c6s5)c5c4C(=O)N(CCCCCCCC)C5=O)s3)sc(C(C)(C)C(C)(C)C)c2C1=O. The highest BCUT2D eigenvalue weighted by molar-refractivity contribution is 7.28. The Morgan fingerprint density at radius 1 is 0.343 bits per heavy atom. The highest BCUT2D eigenvalue weighted by Crippen LogP contribution is 2.60. The van der Waals surface area contributed by atoms with E-state index in [4.69, 9.17) is 0 Å². The average molecular weight is 1470 g/mol. The average Bonchev–Trinajstić information content (AvgIpc) is 1.54. The Labute approximate surface area is 624 Å². The molecule has 1 aromatic carbocycles. The van der Waals surface area contributed by atoms with Crippen molar-refractivity contribution in [1.29, 1.82) is 0 Å². The fourth-order valence-corrected chi connectivity index (χ4v) is 24.5. The van der Waals surface area contributed by atoms with Gasteiger partial charge in [0.25, 0.3) is 23.6 Å². The number of hydrogen-bond donors (Lipinski definition) is 0. The molecule has 0 saturated heterocycles. The van der Waals surface area contributed by atoms with Gasteiger partial charge in [-0.05, 0) is 96.9 Å². The highest BCUT2D eigenvalue weighted by atomic mass is 32.1. The van der Waals surface area contributed by atoms with Crippen molar-refractivity contribution < 1.29 is 19.2 Å². The van der Waals surface area contributed by atoms with Crippen LogP contribution < -0.4 is 0 Å². The standard InChI is InChI=1S/C86H118N2O4S7/c1-21-27-31-33-35-37-47-87-77(89)67-69(79(87)91)75(85(17,18)82(10,11)12)98-73(67)61-45-46-63(95-61)84(15,16)86(19,20)76-70-68(78(90)88(80(70)92)48-38-36-34-32-28-22-2)74(99-76)62-51-57-65(59-43-41-55(93-59)49-53(25-5)39-29-23-3)72-58(52-64(97-72)83(13,14)81(7,8)9)66(71(57)96-62)60-44-42-56(94-60)50-54(26-6)40-30-24-4/h41-46,51-54H,21-40,47-50H2,1-20H3. The van der Waals surface area contributed by atoms with Gasteiger partial charge in [-0.25, -0.2) is 0 Å². The maximum atomic E-state index is 15.8. The van der Waals surface area contributed by atoms with E-state index in [0.29, 0.717) is 47.2 Å². The predicted molar refractivity (Wildman–Crippen MR) is 437 cm³/mol. The summed E-state index contributed by atoms with van der Waals surface area (Å²) in [6.45, 7) is 47.0. The van der Waals surface area contributed by atoms with Crippen LogP contribution in [0.5, 0.6) is 0 Å². The molecule has 0 aliphatic carbocycles. The van der Waals surface area contributed by atoms with E-state index in [1.165, 1.54) is 133 Å². The van der Waals surface area contributed by atoms with Crippen LogP contribution in [-0.2, 0) is 34.5 Å². The van der Waals surface area contributed by atoms with E-state index in [1.54, 1.807) is 43.8 Å². The van der Waals surface area contributed by atoms with Gasteiger partial charge in [-0.1, -0.05) is 254 Å². The first-order chi connectivity index (χ1) is 46.8. The van der Waals surface area contributed by atoms with E-state index in [2.05, 4.69) is 187 Å². The maximum Gasteiger partial charge on any atom is 0.263 e. The van der Waals surface area contributed by atoms with Crippen molar-refractivity contribution in [3.8, 4) is 40.4 Å². The number of unbranched alkanes of at least 4 members (excludes halogenated alkanes) is 12. The minimum atomic E-state index is -0.682. The first-order valence-corrected chi connectivity index (χ1v) is 44.0. The van der Waals surface area contributed by atoms with Gasteiger partial charge in [-0.15, -0.1) is 79.4 Å². The Balaban J connectivity index is 1.16. The number of benzene rings is 1. The molecule has 0 saturated carbocycles. The Kier molecular flexibility index (Phi) is 24.5. The van der Waals surface area contributed by atoms with Crippen LogP contribution in [-0.4, -0.2) is 46.5 Å². The number of rotatable bonds is 35. The lowest BCUT2D eigenvalue weighted by Gasteiger charge is -2.41. The number of imide groups is 2. The Bertz CT molecular complexity index is 4070. The van der Waals surface area contributed by atoms with Crippen molar-refractivity contribution >= 4 is 123 Å². The normalized spacial score (nSPS) is 15.0. The van der Waals surface area contributed by atoms with Gasteiger partial charge in [0, 0.05) is 115 Å². The second kappa shape index (κ2) is 31.3. The lowest BCUT2D eigenvalue weighted by Crippen LogP contribution is -2.40. The Morgan fingerprint density at radius 3 is 1.20 bits per heavy atom. The minimum Gasteiger partial charge on any atom is -0.274 e. The smallest absolute Gasteiger partial charge is 0.263 e. The largest absolute Gasteiger partial charge is 0.274 e. The van der Waals surface area contributed by atoms with E-state index < -0.39 is 16.2 Å². The number of thiophene rings is 7. The lowest BCUT2D eigenvalue weighted by atomic mass is 9.65. The number of carbonyl (C=O) groups excluding carboxylic acids is 4. The topological polar surface area (TPSA) is 74.8 Å². The molecule has 9 heterocycles. The van der Waals surface area contributed by atoms with E-state index in [1.807, 2.05) is 45.3 Å². The monoisotopic (exact) mass is 1470 g/mol. The first kappa shape index (κ1) is 77.5. The van der Waals surface area contributed by atoms with Gasteiger partial charge in [0.05, 0.1) is 32.0 Å². The molecule has 0 bridgehead atoms. The van der Waals surface area contributed by atoms with Gasteiger partial charge in [0.2, 0.25) is 0 Å². The van der Waals surface area contributed by atoms with Crippen LogP contribution in [0.2, 0.25) is 0 Å². The van der Waals surface area contributed by atoms with Crippen LogP contribution in [0.1, 0.15) is 338 Å². The highest BCUT2D eigenvalue weighted by Gasteiger charge is 2.52. The molecule has 2 aliphatic heterocycles. The van der Waals surface area contributed by atoms with Crippen LogP contribution in [0, 0.1) is 22.7 Å². The van der Waals surface area contributed by atoms with Gasteiger partial charge < -0.3 is 0 Å². The molecule has 0 fully saturated rings. The van der Waals surface area contributed by atoms with Crippen LogP contribution >= 0.6 is 79.4 Å². The summed E-state index contributed by atoms with van der Waals surface area (Å²) >= 11 is 12.8. The summed E-state index contributed by atoms with van der Waals surface area (Å²) in [6.07, 6.45) is 24.7. The fourth-order valence-electron chi connectivity index (χ4n) is 14.6. The molecule has 4 amide bonds.